The Kier molecular flexibility index (Phi) is 5.86. The highest BCUT2D eigenvalue weighted by Gasteiger charge is 2.36. The van der Waals surface area contributed by atoms with Gasteiger partial charge in [0.05, 0.1) is 17.9 Å². The molecule has 1 unspecified atom stereocenters. The molecule has 2 aromatic carbocycles. The highest BCUT2D eigenvalue weighted by molar-refractivity contribution is 7.17. The van der Waals surface area contributed by atoms with Crippen LogP contribution in [-0.4, -0.2) is 64.1 Å². The lowest BCUT2D eigenvalue weighted by Gasteiger charge is -2.30. The Morgan fingerprint density at radius 2 is 1.89 bits per heavy atom. The summed E-state index contributed by atoms with van der Waals surface area (Å²) in [5, 5.41) is 13.2. The van der Waals surface area contributed by atoms with E-state index in [1.54, 1.807) is 12.1 Å². The molecule has 4 heterocycles. The lowest BCUT2D eigenvalue weighted by atomic mass is 9.94. The standard InChI is InChI=1S/C28H28N4O5S/c1-28(2)15-19-23(24(33)30-28)38-27(29-19)32-12-13-37-22-10-9-18(14-21(22)32)16-5-7-17(8-6-16)25(34)31-11-3-4-20(31)26(35)36/h5-10,14,20H,3-4,11-13,15H2,1-2H3,(H,30,33)(H,35,36). The lowest BCUT2D eigenvalue weighted by molar-refractivity contribution is -0.141. The summed E-state index contributed by atoms with van der Waals surface area (Å²) in [6, 6.07) is 12.4. The monoisotopic (exact) mass is 532 g/mol. The number of benzene rings is 2. The highest BCUT2D eigenvalue weighted by atomic mass is 32.1. The molecule has 1 atom stereocenters. The molecule has 38 heavy (non-hydrogen) atoms. The molecule has 1 fully saturated rings. The van der Waals surface area contributed by atoms with Crippen LogP contribution in [0.4, 0.5) is 10.8 Å². The number of carbonyl (C=O) groups is 3. The Morgan fingerprint density at radius 3 is 2.66 bits per heavy atom. The number of ether oxygens (including phenoxy) is 1. The van der Waals surface area contributed by atoms with Gasteiger partial charge in [-0.15, -0.1) is 0 Å². The molecular formula is C28H28N4O5S. The fourth-order valence-corrected chi connectivity index (χ4v) is 6.43. The zero-order valence-electron chi connectivity index (χ0n) is 21.2. The molecule has 3 aliphatic heterocycles. The molecule has 6 rings (SSSR count). The number of nitrogens with zero attached hydrogens (tertiary/aromatic N) is 3. The van der Waals surface area contributed by atoms with Crippen LogP contribution in [0.5, 0.6) is 5.75 Å². The highest BCUT2D eigenvalue weighted by Crippen LogP contribution is 2.42. The van der Waals surface area contributed by atoms with E-state index in [0.717, 1.165) is 33.4 Å². The second-order valence-corrected chi connectivity index (χ2v) is 11.5. The van der Waals surface area contributed by atoms with Gasteiger partial charge in [0.25, 0.3) is 11.8 Å². The first-order valence-electron chi connectivity index (χ1n) is 12.7. The van der Waals surface area contributed by atoms with Crippen LogP contribution >= 0.6 is 11.3 Å². The van der Waals surface area contributed by atoms with Crippen LogP contribution in [0.1, 0.15) is 52.4 Å². The van der Waals surface area contributed by atoms with Crippen molar-refractivity contribution in [1.29, 1.82) is 0 Å². The summed E-state index contributed by atoms with van der Waals surface area (Å²) in [6.07, 6.45) is 1.86. The number of amides is 2. The molecule has 2 amide bonds. The first-order valence-corrected chi connectivity index (χ1v) is 13.5. The predicted molar refractivity (Wildman–Crippen MR) is 143 cm³/mol. The van der Waals surface area contributed by atoms with E-state index in [2.05, 4.69) is 10.2 Å². The molecule has 0 bridgehead atoms. The Bertz CT molecular complexity index is 1450. The topological polar surface area (TPSA) is 112 Å². The van der Waals surface area contributed by atoms with Gasteiger partial charge in [-0.05, 0) is 62.1 Å². The number of likely N-dealkylation sites (tertiary alicyclic amines) is 1. The van der Waals surface area contributed by atoms with Gasteiger partial charge < -0.3 is 25.0 Å². The van der Waals surface area contributed by atoms with Crippen LogP contribution in [0.3, 0.4) is 0 Å². The number of carboxylic acid groups (broad SMARTS) is 1. The fourth-order valence-electron chi connectivity index (χ4n) is 5.41. The fraction of sp³-hybridized carbons (Fsp3) is 0.357. The molecule has 0 aliphatic carbocycles. The van der Waals surface area contributed by atoms with Crippen molar-refractivity contribution in [2.45, 2.75) is 44.7 Å². The van der Waals surface area contributed by atoms with Gasteiger partial charge in [-0.25, -0.2) is 9.78 Å². The molecule has 196 valence electrons. The molecule has 10 heteroatoms. The van der Waals surface area contributed by atoms with Gasteiger partial charge in [0, 0.05) is 24.1 Å². The number of nitrogens with one attached hydrogen (secondary N) is 1. The summed E-state index contributed by atoms with van der Waals surface area (Å²) < 4.78 is 5.92. The van der Waals surface area contributed by atoms with Gasteiger partial charge in [0.15, 0.2) is 5.13 Å². The Balaban J connectivity index is 1.28. The third kappa shape index (κ3) is 4.28. The summed E-state index contributed by atoms with van der Waals surface area (Å²) in [4.78, 5) is 46.2. The Hall–Kier alpha value is -3.92. The van der Waals surface area contributed by atoms with Crippen LogP contribution in [0.15, 0.2) is 42.5 Å². The molecule has 3 aliphatic rings. The summed E-state index contributed by atoms with van der Waals surface area (Å²) in [7, 11) is 0. The maximum atomic E-state index is 13.0. The van der Waals surface area contributed by atoms with E-state index in [-0.39, 0.29) is 17.4 Å². The van der Waals surface area contributed by atoms with Crippen molar-refractivity contribution in [3.63, 3.8) is 0 Å². The van der Waals surface area contributed by atoms with Crippen molar-refractivity contribution < 1.29 is 24.2 Å². The number of anilines is 2. The van der Waals surface area contributed by atoms with Crippen molar-refractivity contribution in [3.05, 3.63) is 58.6 Å². The predicted octanol–water partition coefficient (Wildman–Crippen LogP) is 4.09. The average Bonchev–Trinajstić information content (AvgIpc) is 3.55. The number of aromatic nitrogens is 1. The third-order valence-corrected chi connectivity index (χ3v) is 8.39. The van der Waals surface area contributed by atoms with E-state index in [9.17, 15) is 19.5 Å². The number of thiazole rings is 1. The van der Waals surface area contributed by atoms with E-state index in [4.69, 9.17) is 9.72 Å². The number of carbonyl (C=O) groups excluding carboxylic acids is 2. The number of aliphatic carboxylic acids is 1. The van der Waals surface area contributed by atoms with Gasteiger partial charge in [0.1, 0.15) is 23.3 Å². The SMILES string of the molecule is CC1(C)Cc2nc(N3CCOc4ccc(-c5ccc(C(=O)N6CCCC6C(=O)O)cc5)cc43)sc2C(=O)N1. The maximum absolute atomic E-state index is 13.0. The minimum atomic E-state index is -0.960. The zero-order valence-corrected chi connectivity index (χ0v) is 22.0. The van der Waals surface area contributed by atoms with Gasteiger partial charge >= 0.3 is 5.97 Å². The summed E-state index contributed by atoms with van der Waals surface area (Å²) >= 11 is 1.40. The zero-order chi connectivity index (χ0) is 26.6. The molecule has 0 saturated carbocycles. The number of fused-ring (bicyclic) bond motifs is 2. The van der Waals surface area contributed by atoms with Gasteiger partial charge in [-0.1, -0.05) is 29.5 Å². The number of hydrogen-bond donors (Lipinski definition) is 2. The van der Waals surface area contributed by atoms with Crippen molar-refractivity contribution in [3.8, 4) is 16.9 Å². The van der Waals surface area contributed by atoms with Crippen LogP contribution in [0.25, 0.3) is 11.1 Å². The minimum absolute atomic E-state index is 0.0829. The summed E-state index contributed by atoms with van der Waals surface area (Å²) in [5.41, 5.74) is 3.71. The second kappa shape index (κ2) is 9.13. The van der Waals surface area contributed by atoms with Crippen LogP contribution in [0, 0.1) is 0 Å². The molecule has 1 aromatic heterocycles. The van der Waals surface area contributed by atoms with Crippen LogP contribution in [0.2, 0.25) is 0 Å². The van der Waals surface area contributed by atoms with Gasteiger partial charge in [-0.2, -0.15) is 0 Å². The van der Waals surface area contributed by atoms with Crippen molar-refractivity contribution in [1.82, 2.24) is 15.2 Å². The van der Waals surface area contributed by atoms with Crippen molar-refractivity contribution in [2.24, 2.45) is 0 Å². The first-order chi connectivity index (χ1) is 18.2. The van der Waals surface area contributed by atoms with E-state index in [0.29, 0.717) is 49.4 Å². The van der Waals surface area contributed by atoms with E-state index in [1.807, 2.05) is 44.2 Å². The molecular weight excluding hydrogens is 504 g/mol. The molecule has 9 nitrogen and oxygen atoms in total. The van der Waals surface area contributed by atoms with Gasteiger partial charge in [0.2, 0.25) is 0 Å². The van der Waals surface area contributed by atoms with E-state index in [1.165, 1.54) is 16.2 Å². The average molecular weight is 533 g/mol. The normalized spacial score (nSPS) is 19.8. The van der Waals surface area contributed by atoms with Crippen LogP contribution < -0.4 is 15.0 Å². The first kappa shape index (κ1) is 24.4. The summed E-state index contributed by atoms with van der Waals surface area (Å²) in [5.74, 6) is -0.552. The molecule has 0 radical (unpaired) electrons. The van der Waals surface area contributed by atoms with Crippen LogP contribution in [-0.2, 0) is 11.2 Å². The van der Waals surface area contributed by atoms with E-state index >= 15 is 0 Å². The van der Waals surface area contributed by atoms with E-state index < -0.39 is 12.0 Å². The number of hydrogen-bond acceptors (Lipinski definition) is 7. The van der Waals surface area contributed by atoms with Gasteiger partial charge in [-0.3, -0.25) is 9.59 Å². The molecule has 0 spiro atoms. The largest absolute Gasteiger partial charge is 0.490 e. The summed E-state index contributed by atoms with van der Waals surface area (Å²) in [6.45, 7) is 5.58. The Labute approximate surface area is 224 Å². The molecule has 1 saturated heterocycles. The third-order valence-electron chi connectivity index (χ3n) is 7.27. The molecule has 2 N–H and O–H groups in total. The minimum Gasteiger partial charge on any atom is -0.490 e. The number of rotatable bonds is 4. The smallest absolute Gasteiger partial charge is 0.326 e. The quantitative estimate of drug-likeness (QED) is 0.520. The molecule has 3 aromatic rings. The maximum Gasteiger partial charge on any atom is 0.326 e. The Morgan fingerprint density at radius 1 is 1.13 bits per heavy atom. The number of carboxylic acids is 1. The lowest BCUT2D eigenvalue weighted by Crippen LogP contribution is -2.48. The van der Waals surface area contributed by atoms with Crippen molar-refractivity contribution >= 4 is 39.9 Å². The second-order valence-electron chi connectivity index (χ2n) is 10.5. The van der Waals surface area contributed by atoms with Crippen molar-refractivity contribution in [2.75, 3.05) is 24.6 Å².